The fourth-order valence-electron chi connectivity index (χ4n) is 9.58. The number of hydrogen-bond donors (Lipinski definition) is 0. The van der Waals surface area contributed by atoms with E-state index in [0.29, 0.717) is 5.16 Å². The molecule has 6 atom stereocenters. The minimum atomic E-state index is 0.214. The molecule has 0 radical (unpaired) electrons. The lowest BCUT2D eigenvalue weighted by atomic mass is 9.56. The van der Waals surface area contributed by atoms with E-state index in [2.05, 4.69) is 20.8 Å². The van der Waals surface area contributed by atoms with Gasteiger partial charge in [0, 0.05) is 0 Å². The molecule has 0 amide bonds. The Kier molecular flexibility index (Phi) is 3.24. The molecule has 0 N–H and O–H groups in total. The number of rotatable bonds is 2. The smallest absolute Gasteiger partial charge is 0.0142 e. The Labute approximate surface area is 150 Å². The second kappa shape index (κ2) is 5.03. The van der Waals surface area contributed by atoms with Crippen LogP contribution in [0.15, 0.2) is 0 Å². The molecule has 0 heterocycles. The molecule has 8 bridgehead atoms. The Morgan fingerprint density at radius 3 is 1.58 bits per heavy atom. The van der Waals surface area contributed by atoms with Gasteiger partial charge in [-0.1, -0.05) is 28.7 Å². The molecule has 0 spiro atoms. The van der Waals surface area contributed by atoms with Crippen molar-refractivity contribution in [1.82, 2.24) is 0 Å². The summed E-state index contributed by atoms with van der Waals surface area (Å²) in [6.07, 6.45) is 14.7. The van der Waals surface area contributed by atoms with Gasteiger partial charge in [0.05, 0.1) is 0 Å². The van der Waals surface area contributed by atoms with Crippen molar-refractivity contribution < 1.29 is 0 Å². The first kappa shape index (κ1) is 15.5. The third-order valence-electron chi connectivity index (χ3n) is 9.60. The molecule has 0 aromatic carbocycles. The molecule has 0 aromatic heterocycles. The first-order valence-electron chi connectivity index (χ1n) is 11.3. The fraction of sp³-hybridized carbons (Fsp3) is 1.00. The molecule has 134 valence electrons. The summed E-state index contributed by atoms with van der Waals surface area (Å²) in [5.74, 6) is 9.28. The molecule has 0 saturated heterocycles. The van der Waals surface area contributed by atoms with E-state index < -0.39 is 0 Å². The molecule has 0 nitrogen and oxygen atoms in total. The maximum Gasteiger partial charge on any atom is -0.0142 e. The maximum atomic E-state index is 2.65. The van der Waals surface area contributed by atoms with Gasteiger partial charge in [-0.15, -0.1) is 0 Å². The zero-order valence-corrected chi connectivity index (χ0v) is 17.0. The summed E-state index contributed by atoms with van der Waals surface area (Å²) in [6, 6.07) is 0. The van der Waals surface area contributed by atoms with Gasteiger partial charge in [-0.3, -0.25) is 0 Å². The highest BCUT2D eigenvalue weighted by atomic mass is 31.1. The Bertz CT molecular complexity index is 499. The lowest BCUT2D eigenvalue weighted by Crippen LogP contribution is -2.51. The van der Waals surface area contributed by atoms with Crippen LogP contribution in [0.3, 0.4) is 0 Å². The molecule has 8 saturated carbocycles. The van der Waals surface area contributed by atoms with Crippen LogP contribution in [0.4, 0.5) is 0 Å². The van der Waals surface area contributed by atoms with E-state index >= 15 is 0 Å². The van der Waals surface area contributed by atoms with Crippen LogP contribution < -0.4 is 0 Å². The van der Waals surface area contributed by atoms with Crippen LogP contribution in [0, 0.1) is 47.3 Å². The molecule has 8 aliphatic rings. The lowest BCUT2D eigenvalue weighted by Gasteiger charge is -2.61. The SMILES string of the molecule is CC(C)(C)P(C1C2CC3CC(C2)CC1C3)C1C2CC3CC(C2)C1C3. The number of hydrogen-bond acceptors (Lipinski definition) is 0. The quantitative estimate of drug-likeness (QED) is 0.500. The molecular formula is C23H37P. The fourth-order valence-corrected chi connectivity index (χ4v) is 14.6. The largest absolute Gasteiger partial charge is 0.0937 e. The second-order valence-corrected chi connectivity index (χ2v) is 15.3. The van der Waals surface area contributed by atoms with Crippen LogP contribution in [0.1, 0.15) is 78.6 Å². The first-order valence-corrected chi connectivity index (χ1v) is 12.7. The van der Waals surface area contributed by atoms with Gasteiger partial charge in [0.15, 0.2) is 0 Å². The van der Waals surface area contributed by atoms with Gasteiger partial charge in [0.2, 0.25) is 0 Å². The molecule has 6 unspecified atom stereocenters. The molecule has 0 aliphatic heterocycles. The van der Waals surface area contributed by atoms with Gasteiger partial charge in [-0.25, -0.2) is 0 Å². The van der Waals surface area contributed by atoms with E-state index in [1.807, 2.05) is 0 Å². The van der Waals surface area contributed by atoms with E-state index in [9.17, 15) is 0 Å². The second-order valence-electron chi connectivity index (χ2n) is 12.0. The predicted molar refractivity (Wildman–Crippen MR) is 104 cm³/mol. The molecule has 24 heavy (non-hydrogen) atoms. The van der Waals surface area contributed by atoms with Crippen molar-refractivity contribution in [3.8, 4) is 0 Å². The normalized spacial score (nSPS) is 58.6. The van der Waals surface area contributed by atoms with Gasteiger partial charge < -0.3 is 0 Å². The Morgan fingerprint density at radius 1 is 0.542 bits per heavy atom. The molecule has 0 aromatic rings. The average Bonchev–Trinajstić information content (AvgIpc) is 2.89. The first-order chi connectivity index (χ1) is 11.5. The van der Waals surface area contributed by atoms with Crippen molar-refractivity contribution in [3.63, 3.8) is 0 Å². The average molecular weight is 345 g/mol. The van der Waals surface area contributed by atoms with Gasteiger partial charge in [-0.2, -0.15) is 0 Å². The van der Waals surface area contributed by atoms with Crippen LogP contribution in [0.2, 0.25) is 0 Å². The van der Waals surface area contributed by atoms with Crippen molar-refractivity contribution in [2.45, 2.75) is 95.0 Å². The maximum absolute atomic E-state index is 2.65. The monoisotopic (exact) mass is 344 g/mol. The topological polar surface area (TPSA) is 0 Å². The van der Waals surface area contributed by atoms with Gasteiger partial charge in [0.1, 0.15) is 0 Å². The van der Waals surface area contributed by atoms with Crippen LogP contribution >= 0.6 is 7.92 Å². The standard InChI is InChI=1S/C23H37P/c1-23(2,3)24(22-19-10-15-5-16(12-19)20(22)11-15)21-17-6-13-4-14(8-17)9-18(21)7-13/h13-22H,4-12H2,1-3H3. The summed E-state index contributed by atoms with van der Waals surface area (Å²) in [7, 11) is 0.214. The van der Waals surface area contributed by atoms with Gasteiger partial charge in [-0.05, 0) is 122 Å². The minimum Gasteiger partial charge on any atom is -0.0937 e. The highest BCUT2D eigenvalue weighted by Crippen LogP contribution is 2.76. The Morgan fingerprint density at radius 2 is 1.04 bits per heavy atom. The highest BCUT2D eigenvalue weighted by Gasteiger charge is 2.61. The van der Waals surface area contributed by atoms with Crippen LogP contribution in [0.5, 0.6) is 0 Å². The summed E-state index contributed by atoms with van der Waals surface area (Å²) in [5, 5.41) is 0.600. The molecule has 8 fully saturated rings. The molecular weight excluding hydrogens is 307 g/mol. The predicted octanol–water partition coefficient (Wildman–Crippen LogP) is 6.53. The minimum absolute atomic E-state index is 0.214. The van der Waals surface area contributed by atoms with Crippen molar-refractivity contribution in [1.29, 1.82) is 0 Å². The molecule has 8 rings (SSSR count). The molecule has 1 heteroatoms. The van der Waals surface area contributed by atoms with E-state index in [0.717, 1.165) is 35.5 Å². The van der Waals surface area contributed by atoms with Crippen molar-refractivity contribution in [3.05, 3.63) is 0 Å². The van der Waals surface area contributed by atoms with Crippen molar-refractivity contribution in [2.75, 3.05) is 0 Å². The zero-order valence-electron chi connectivity index (χ0n) is 16.1. The Hall–Kier alpha value is 0.430. The summed E-state index contributed by atoms with van der Waals surface area (Å²) in [4.78, 5) is 0. The molecule has 8 aliphatic carbocycles. The lowest BCUT2D eigenvalue weighted by molar-refractivity contribution is 0.0235. The van der Waals surface area contributed by atoms with Crippen molar-refractivity contribution >= 4 is 7.92 Å². The Balaban J connectivity index is 1.37. The third kappa shape index (κ3) is 2.08. The van der Waals surface area contributed by atoms with E-state index in [-0.39, 0.29) is 7.92 Å². The summed E-state index contributed by atoms with van der Waals surface area (Å²) in [5.41, 5.74) is 2.36. The van der Waals surface area contributed by atoms with Crippen LogP contribution in [-0.2, 0) is 0 Å². The summed E-state index contributed by atoms with van der Waals surface area (Å²) < 4.78 is 0. The summed E-state index contributed by atoms with van der Waals surface area (Å²) >= 11 is 0. The van der Waals surface area contributed by atoms with E-state index in [4.69, 9.17) is 0 Å². The van der Waals surface area contributed by atoms with Gasteiger partial charge >= 0.3 is 0 Å². The van der Waals surface area contributed by atoms with Crippen LogP contribution in [0.25, 0.3) is 0 Å². The zero-order chi connectivity index (χ0) is 16.2. The van der Waals surface area contributed by atoms with E-state index in [1.165, 1.54) is 23.2 Å². The summed E-state index contributed by atoms with van der Waals surface area (Å²) in [6.45, 7) is 7.96. The van der Waals surface area contributed by atoms with Crippen LogP contribution in [-0.4, -0.2) is 16.5 Å². The highest BCUT2D eigenvalue weighted by molar-refractivity contribution is 7.60. The van der Waals surface area contributed by atoms with Gasteiger partial charge in [0.25, 0.3) is 0 Å². The third-order valence-corrected chi connectivity index (χ3v) is 14.1. The van der Waals surface area contributed by atoms with Crippen molar-refractivity contribution in [2.24, 2.45) is 47.3 Å². The van der Waals surface area contributed by atoms with E-state index in [1.54, 1.807) is 57.8 Å².